The molecule has 1 heterocycles. The van der Waals surface area contributed by atoms with E-state index >= 15 is 0 Å². The molecule has 0 fully saturated rings. The predicted octanol–water partition coefficient (Wildman–Crippen LogP) is 5.42. The van der Waals surface area contributed by atoms with Crippen molar-refractivity contribution in [1.82, 2.24) is 5.32 Å². The molecule has 1 nitrogen and oxygen atoms in total. The number of rotatable bonds is 4. The van der Waals surface area contributed by atoms with Crippen LogP contribution in [0, 0.1) is 12.7 Å². The summed E-state index contributed by atoms with van der Waals surface area (Å²) < 4.78 is 15.3. The van der Waals surface area contributed by atoms with Crippen LogP contribution in [0.5, 0.6) is 0 Å². The van der Waals surface area contributed by atoms with Crippen molar-refractivity contribution in [3.05, 3.63) is 54.3 Å². The van der Waals surface area contributed by atoms with Crippen molar-refractivity contribution in [2.75, 3.05) is 6.54 Å². The van der Waals surface area contributed by atoms with E-state index in [9.17, 15) is 4.39 Å². The number of halogens is 3. The largest absolute Gasteiger partial charge is 0.306 e. The van der Waals surface area contributed by atoms with E-state index in [0.717, 1.165) is 16.6 Å². The summed E-state index contributed by atoms with van der Waals surface area (Å²) in [4.78, 5) is 2.42. The van der Waals surface area contributed by atoms with Crippen LogP contribution >= 0.6 is 43.2 Å². The summed E-state index contributed by atoms with van der Waals surface area (Å²) in [6, 6.07) is 7.42. The normalized spacial score (nSPS) is 12.7. The van der Waals surface area contributed by atoms with Crippen molar-refractivity contribution >= 4 is 43.2 Å². The van der Waals surface area contributed by atoms with Gasteiger partial charge >= 0.3 is 0 Å². The molecule has 0 saturated heterocycles. The van der Waals surface area contributed by atoms with Gasteiger partial charge in [0.2, 0.25) is 0 Å². The van der Waals surface area contributed by atoms with E-state index in [1.807, 2.05) is 6.07 Å². The molecule has 0 aliphatic heterocycles. The Morgan fingerprint density at radius 3 is 2.53 bits per heavy atom. The molecule has 2 rings (SSSR count). The highest BCUT2D eigenvalue weighted by Gasteiger charge is 2.17. The SMILES string of the molecule is CCNC(c1ccc(Br)c(F)c1)c1cc(Br)c(C)s1. The van der Waals surface area contributed by atoms with Gasteiger partial charge in [-0.05, 0) is 69.1 Å². The van der Waals surface area contributed by atoms with Gasteiger partial charge < -0.3 is 5.32 Å². The fourth-order valence-electron chi connectivity index (χ4n) is 1.90. The van der Waals surface area contributed by atoms with E-state index in [-0.39, 0.29) is 11.9 Å². The number of benzene rings is 1. The molecule has 5 heteroatoms. The molecule has 19 heavy (non-hydrogen) atoms. The van der Waals surface area contributed by atoms with Crippen LogP contribution in [0.4, 0.5) is 4.39 Å². The molecule has 0 radical (unpaired) electrons. The van der Waals surface area contributed by atoms with Crippen LogP contribution in [-0.2, 0) is 0 Å². The van der Waals surface area contributed by atoms with Crippen LogP contribution in [0.15, 0.2) is 33.2 Å². The van der Waals surface area contributed by atoms with Crippen molar-refractivity contribution in [2.45, 2.75) is 19.9 Å². The molecule has 1 N–H and O–H groups in total. The Morgan fingerprint density at radius 2 is 2.00 bits per heavy atom. The van der Waals surface area contributed by atoms with Gasteiger partial charge in [0.1, 0.15) is 5.82 Å². The van der Waals surface area contributed by atoms with Gasteiger partial charge in [0.05, 0.1) is 10.5 Å². The van der Waals surface area contributed by atoms with E-state index in [2.05, 4.69) is 57.1 Å². The molecule has 0 spiro atoms. The number of aryl methyl sites for hydroxylation is 1. The molecular formula is C14H14Br2FNS. The van der Waals surface area contributed by atoms with Gasteiger partial charge in [-0.3, -0.25) is 0 Å². The molecule has 0 amide bonds. The monoisotopic (exact) mass is 405 g/mol. The van der Waals surface area contributed by atoms with Crippen LogP contribution < -0.4 is 5.32 Å². The first-order chi connectivity index (χ1) is 9.02. The van der Waals surface area contributed by atoms with Gasteiger partial charge in [-0.2, -0.15) is 0 Å². The average molecular weight is 407 g/mol. The molecule has 0 bridgehead atoms. The highest BCUT2D eigenvalue weighted by atomic mass is 79.9. The molecule has 102 valence electrons. The zero-order chi connectivity index (χ0) is 14.0. The van der Waals surface area contributed by atoms with Crippen molar-refractivity contribution in [3.63, 3.8) is 0 Å². The molecule has 1 atom stereocenters. The lowest BCUT2D eigenvalue weighted by atomic mass is 10.1. The third-order valence-corrected chi connectivity index (χ3v) is 5.69. The summed E-state index contributed by atoms with van der Waals surface area (Å²) in [6.07, 6.45) is 0. The fourth-order valence-corrected chi connectivity index (χ4v) is 3.81. The fraction of sp³-hybridized carbons (Fsp3) is 0.286. The van der Waals surface area contributed by atoms with E-state index in [1.165, 1.54) is 9.75 Å². The Hall–Kier alpha value is -0.230. The lowest BCUT2D eigenvalue weighted by Crippen LogP contribution is -2.21. The van der Waals surface area contributed by atoms with Crippen LogP contribution in [0.2, 0.25) is 0 Å². The molecule has 2 aromatic rings. The molecule has 1 aromatic carbocycles. The first-order valence-corrected chi connectivity index (χ1v) is 8.37. The second-order valence-electron chi connectivity index (χ2n) is 4.22. The zero-order valence-corrected chi connectivity index (χ0v) is 14.6. The Balaban J connectivity index is 2.41. The highest BCUT2D eigenvalue weighted by molar-refractivity contribution is 9.10. The standard InChI is InChI=1S/C14H14Br2FNS/c1-3-18-14(13-7-11(16)8(2)19-13)9-4-5-10(15)12(17)6-9/h4-7,14,18H,3H2,1-2H3. The molecule has 0 aliphatic rings. The lowest BCUT2D eigenvalue weighted by molar-refractivity contribution is 0.602. The minimum Gasteiger partial charge on any atom is -0.306 e. The van der Waals surface area contributed by atoms with Gasteiger partial charge in [0.25, 0.3) is 0 Å². The van der Waals surface area contributed by atoms with Crippen molar-refractivity contribution in [2.24, 2.45) is 0 Å². The minimum atomic E-state index is -0.229. The summed E-state index contributed by atoms with van der Waals surface area (Å²) in [7, 11) is 0. The summed E-state index contributed by atoms with van der Waals surface area (Å²) in [5.41, 5.74) is 0.941. The Bertz CT molecular complexity index is 563. The van der Waals surface area contributed by atoms with Crippen LogP contribution in [0.1, 0.15) is 28.3 Å². The molecule has 1 unspecified atom stereocenters. The maximum Gasteiger partial charge on any atom is 0.137 e. The van der Waals surface area contributed by atoms with E-state index in [0.29, 0.717) is 4.47 Å². The summed E-state index contributed by atoms with van der Waals surface area (Å²) in [5.74, 6) is -0.229. The zero-order valence-electron chi connectivity index (χ0n) is 10.6. The minimum absolute atomic E-state index is 0.0302. The van der Waals surface area contributed by atoms with Crippen LogP contribution in [0.3, 0.4) is 0 Å². The lowest BCUT2D eigenvalue weighted by Gasteiger charge is -2.17. The molecule has 1 aromatic heterocycles. The molecular weight excluding hydrogens is 393 g/mol. The highest BCUT2D eigenvalue weighted by Crippen LogP contribution is 2.34. The Labute approximate surface area is 133 Å². The second-order valence-corrected chi connectivity index (χ2v) is 7.21. The van der Waals surface area contributed by atoms with Gasteiger partial charge in [-0.15, -0.1) is 11.3 Å². The topological polar surface area (TPSA) is 12.0 Å². The summed E-state index contributed by atoms with van der Waals surface area (Å²) in [6.45, 7) is 4.96. The second kappa shape index (κ2) is 6.48. The number of hydrogen-bond acceptors (Lipinski definition) is 2. The average Bonchev–Trinajstić information content (AvgIpc) is 2.70. The van der Waals surface area contributed by atoms with Gasteiger partial charge in [-0.1, -0.05) is 13.0 Å². The quantitative estimate of drug-likeness (QED) is 0.714. The smallest absolute Gasteiger partial charge is 0.137 e. The number of thiophene rings is 1. The van der Waals surface area contributed by atoms with Crippen molar-refractivity contribution < 1.29 is 4.39 Å². The number of hydrogen-bond donors (Lipinski definition) is 1. The summed E-state index contributed by atoms with van der Waals surface area (Å²) in [5, 5.41) is 3.41. The van der Waals surface area contributed by atoms with Gasteiger partial charge in [0.15, 0.2) is 0 Å². The maximum atomic E-state index is 13.7. The third-order valence-electron chi connectivity index (χ3n) is 2.85. The first kappa shape index (κ1) is 15.2. The predicted molar refractivity (Wildman–Crippen MR) is 86.4 cm³/mol. The van der Waals surface area contributed by atoms with E-state index in [4.69, 9.17) is 0 Å². The van der Waals surface area contributed by atoms with Gasteiger partial charge in [-0.25, -0.2) is 4.39 Å². The molecule has 0 aliphatic carbocycles. The molecule has 0 saturated carbocycles. The number of nitrogens with one attached hydrogen (secondary N) is 1. The Kier molecular flexibility index (Phi) is 5.17. The van der Waals surface area contributed by atoms with Gasteiger partial charge in [0, 0.05) is 14.2 Å². The van der Waals surface area contributed by atoms with Crippen molar-refractivity contribution in [1.29, 1.82) is 0 Å². The van der Waals surface area contributed by atoms with Crippen LogP contribution in [-0.4, -0.2) is 6.54 Å². The first-order valence-electron chi connectivity index (χ1n) is 5.97. The van der Waals surface area contributed by atoms with Crippen LogP contribution in [0.25, 0.3) is 0 Å². The van der Waals surface area contributed by atoms with E-state index < -0.39 is 0 Å². The summed E-state index contributed by atoms with van der Waals surface area (Å²) >= 11 is 8.45. The van der Waals surface area contributed by atoms with Crippen molar-refractivity contribution in [3.8, 4) is 0 Å². The third kappa shape index (κ3) is 3.45. The van der Waals surface area contributed by atoms with E-state index in [1.54, 1.807) is 23.5 Å². The maximum absolute atomic E-state index is 13.7. The Morgan fingerprint density at radius 1 is 1.26 bits per heavy atom.